The summed E-state index contributed by atoms with van der Waals surface area (Å²) in [7, 11) is -3.50. The molecule has 3 rings (SSSR count). The summed E-state index contributed by atoms with van der Waals surface area (Å²) in [5, 5.41) is 3.57. The molecule has 30 heavy (non-hydrogen) atoms. The van der Waals surface area contributed by atoms with Crippen LogP contribution in [0.3, 0.4) is 0 Å². The zero-order chi connectivity index (χ0) is 21.7. The highest BCUT2D eigenvalue weighted by Crippen LogP contribution is 2.18. The number of aromatic nitrogens is 1. The quantitative estimate of drug-likeness (QED) is 0.568. The first-order valence-corrected chi connectivity index (χ1v) is 11.0. The molecule has 0 spiro atoms. The predicted molar refractivity (Wildman–Crippen MR) is 119 cm³/mol. The first-order chi connectivity index (χ1) is 14.3. The van der Waals surface area contributed by atoms with Gasteiger partial charge in [0.1, 0.15) is 0 Å². The van der Waals surface area contributed by atoms with Gasteiger partial charge in [-0.2, -0.15) is 4.31 Å². The summed E-state index contributed by atoms with van der Waals surface area (Å²) in [6.07, 6.45) is 2.99. The van der Waals surface area contributed by atoms with Gasteiger partial charge in [0.05, 0.1) is 4.90 Å². The third kappa shape index (κ3) is 4.84. The fraction of sp³-hybridized carbons (Fsp3) is 0.182. The lowest BCUT2D eigenvalue weighted by Crippen LogP contribution is -2.30. The Labute approximate surface area is 175 Å². The first kappa shape index (κ1) is 21.5. The van der Waals surface area contributed by atoms with E-state index in [1.165, 1.54) is 28.6 Å². The predicted octanol–water partition coefficient (Wildman–Crippen LogP) is 3.21. The number of amides is 1. The Morgan fingerprint density at radius 2 is 1.73 bits per heavy atom. The number of nitrogens with one attached hydrogen (secondary N) is 2. The van der Waals surface area contributed by atoms with Crippen molar-refractivity contribution in [3.05, 3.63) is 76.6 Å². The van der Waals surface area contributed by atoms with Gasteiger partial charge in [-0.15, -0.1) is 0 Å². The van der Waals surface area contributed by atoms with Crippen LogP contribution in [0.25, 0.3) is 17.0 Å². The Bertz CT molecular complexity index is 1240. The van der Waals surface area contributed by atoms with E-state index >= 15 is 0 Å². The molecule has 8 heteroatoms. The molecule has 0 aliphatic rings. The highest BCUT2D eigenvalue weighted by molar-refractivity contribution is 7.89. The van der Waals surface area contributed by atoms with Crippen molar-refractivity contribution in [1.82, 2.24) is 9.29 Å². The monoisotopic (exact) mass is 425 g/mol. The first-order valence-electron chi connectivity index (χ1n) is 9.56. The van der Waals surface area contributed by atoms with Gasteiger partial charge in [0, 0.05) is 41.8 Å². The number of aromatic amines is 1. The van der Waals surface area contributed by atoms with Crippen molar-refractivity contribution in [2.45, 2.75) is 18.7 Å². The minimum Gasteiger partial charge on any atom is -0.322 e. The molecular formula is C22H23N3O4S. The molecule has 1 aromatic heterocycles. The lowest BCUT2D eigenvalue weighted by molar-refractivity contribution is -0.111. The van der Waals surface area contributed by atoms with E-state index in [-0.39, 0.29) is 16.4 Å². The van der Waals surface area contributed by atoms with Gasteiger partial charge < -0.3 is 10.3 Å². The van der Waals surface area contributed by atoms with Crippen LogP contribution in [0.5, 0.6) is 0 Å². The van der Waals surface area contributed by atoms with Crippen molar-refractivity contribution < 1.29 is 13.2 Å². The molecule has 7 nitrogen and oxygen atoms in total. The number of rotatable bonds is 7. The van der Waals surface area contributed by atoms with E-state index in [2.05, 4.69) is 10.3 Å². The summed E-state index contributed by atoms with van der Waals surface area (Å²) < 4.78 is 26.4. The van der Waals surface area contributed by atoms with Gasteiger partial charge in [0.2, 0.25) is 21.5 Å². The summed E-state index contributed by atoms with van der Waals surface area (Å²) >= 11 is 0. The van der Waals surface area contributed by atoms with E-state index in [0.29, 0.717) is 29.9 Å². The van der Waals surface area contributed by atoms with Crippen LogP contribution >= 0.6 is 0 Å². The molecule has 0 unspecified atom stereocenters. The van der Waals surface area contributed by atoms with E-state index in [1.807, 2.05) is 0 Å². The third-order valence-electron chi connectivity index (χ3n) is 4.64. The number of fused-ring (bicyclic) bond motifs is 1. The summed E-state index contributed by atoms with van der Waals surface area (Å²) in [6.45, 7) is 4.41. The van der Waals surface area contributed by atoms with Crippen LogP contribution in [-0.4, -0.2) is 36.7 Å². The molecule has 0 atom stereocenters. The number of pyridine rings is 1. The number of carbonyl (C=O) groups is 1. The number of sulfonamides is 1. The lowest BCUT2D eigenvalue weighted by Gasteiger charge is -2.18. The molecule has 2 aromatic carbocycles. The molecule has 0 radical (unpaired) electrons. The standard InChI is InChI=1S/C22H23N3O4S/c1-3-25(4-2)30(28,29)19-10-5-16(6-11-19)7-13-21(26)23-18-9-12-20-17(15-18)8-14-22(27)24-20/h5-15H,3-4H2,1-2H3,(H,23,26)(H,24,27)/b13-7+. The average Bonchev–Trinajstić information content (AvgIpc) is 2.73. The van der Waals surface area contributed by atoms with Crippen molar-refractivity contribution in [2.24, 2.45) is 0 Å². The molecule has 2 N–H and O–H groups in total. The number of hydrogen-bond acceptors (Lipinski definition) is 4. The Morgan fingerprint density at radius 3 is 2.40 bits per heavy atom. The van der Waals surface area contributed by atoms with E-state index in [0.717, 1.165) is 5.39 Å². The highest BCUT2D eigenvalue weighted by Gasteiger charge is 2.20. The van der Waals surface area contributed by atoms with Crippen LogP contribution in [0.15, 0.2) is 70.4 Å². The van der Waals surface area contributed by atoms with Crippen molar-refractivity contribution in [2.75, 3.05) is 18.4 Å². The normalized spacial score (nSPS) is 12.0. The van der Waals surface area contributed by atoms with E-state index in [9.17, 15) is 18.0 Å². The Hall–Kier alpha value is -3.23. The number of anilines is 1. The van der Waals surface area contributed by atoms with Crippen LogP contribution in [0.4, 0.5) is 5.69 Å². The number of nitrogens with zero attached hydrogens (tertiary/aromatic N) is 1. The number of hydrogen-bond donors (Lipinski definition) is 2. The number of benzene rings is 2. The SMILES string of the molecule is CCN(CC)S(=O)(=O)c1ccc(/C=C/C(=O)Nc2ccc3[nH]c(=O)ccc3c2)cc1. The highest BCUT2D eigenvalue weighted by atomic mass is 32.2. The van der Waals surface area contributed by atoms with E-state index in [4.69, 9.17) is 0 Å². The van der Waals surface area contributed by atoms with Crippen LogP contribution in [0.1, 0.15) is 19.4 Å². The maximum atomic E-state index is 12.5. The van der Waals surface area contributed by atoms with Crippen molar-refractivity contribution >= 4 is 38.6 Å². The summed E-state index contributed by atoms with van der Waals surface area (Å²) in [4.78, 5) is 26.5. The topological polar surface area (TPSA) is 99.3 Å². The summed E-state index contributed by atoms with van der Waals surface area (Å²) in [6, 6.07) is 14.7. The second-order valence-corrected chi connectivity index (χ2v) is 8.54. The number of carbonyl (C=O) groups excluding carboxylic acids is 1. The van der Waals surface area contributed by atoms with Gasteiger partial charge >= 0.3 is 0 Å². The van der Waals surface area contributed by atoms with Crippen LogP contribution in [0.2, 0.25) is 0 Å². The minimum absolute atomic E-state index is 0.182. The molecular weight excluding hydrogens is 402 g/mol. The van der Waals surface area contributed by atoms with Crippen molar-refractivity contribution in [3.63, 3.8) is 0 Å². The molecule has 1 heterocycles. The Balaban J connectivity index is 1.69. The molecule has 0 saturated heterocycles. The zero-order valence-electron chi connectivity index (χ0n) is 16.8. The molecule has 156 valence electrons. The fourth-order valence-corrected chi connectivity index (χ4v) is 4.51. The molecule has 0 saturated carbocycles. The second-order valence-electron chi connectivity index (χ2n) is 6.61. The van der Waals surface area contributed by atoms with Crippen molar-refractivity contribution in [1.29, 1.82) is 0 Å². The van der Waals surface area contributed by atoms with Gasteiger partial charge in [-0.25, -0.2) is 8.42 Å². The molecule has 0 aliphatic carbocycles. The smallest absolute Gasteiger partial charge is 0.248 e. The minimum atomic E-state index is -3.50. The van der Waals surface area contributed by atoms with Gasteiger partial charge in [0.15, 0.2) is 0 Å². The molecule has 0 aliphatic heterocycles. The third-order valence-corrected chi connectivity index (χ3v) is 6.71. The molecule has 3 aromatic rings. The number of H-pyrrole nitrogens is 1. The van der Waals surface area contributed by atoms with E-state index in [1.54, 1.807) is 56.3 Å². The zero-order valence-corrected chi connectivity index (χ0v) is 17.6. The van der Waals surface area contributed by atoms with Crippen LogP contribution in [0, 0.1) is 0 Å². The Kier molecular flexibility index (Phi) is 6.49. The molecule has 0 fully saturated rings. The van der Waals surface area contributed by atoms with Crippen LogP contribution < -0.4 is 10.9 Å². The summed E-state index contributed by atoms with van der Waals surface area (Å²) in [5.74, 6) is -0.321. The maximum absolute atomic E-state index is 12.5. The van der Waals surface area contributed by atoms with Gasteiger partial charge in [-0.3, -0.25) is 9.59 Å². The van der Waals surface area contributed by atoms with Gasteiger partial charge in [-0.1, -0.05) is 26.0 Å². The van der Waals surface area contributed by atoms with Crippen LogP contribution in [-0.2, 0) is 14.8 Å². The molecule has 0 bridgehead atoms. The second kappa shape index (κ2) is 9.06. The largest absolute Gasteiger partial charge is 0.322 e. The Morgan fingerprint density at radius 1 is 1.03 bits per heavy atom. The summed E-state index contributed by atoms with van der Waals surface area (Å²) in [5.41, 5.74) is 1.82. The molecule has 1 amide bonds. The van der Waals surface area contributed by atoms with Gasteiger partial charge in [0.25, 0.3) is 0 Å². The maximum Gasteiger partial charge on any atom is 0.248 e. The lowest BCUT2D eigenvalue weighted by atomic mass is 10.2. The fourth-order valence-electron chi connectivity index (χ4n) is 3.05. The van der Waals surface area contributed by atoms with Gasteiger partial charge in [-0.05, 0) is 48.0 Å². The average molecular weight is 426 g/mol. The van der Waals surface area contributed by atoms with Crippen molar-refractivity contribution in [3.8, 4) is 0 Å². The van der Waals surface area contributed by atoms with E-state index < -0.39 is 10.0 Å².